The number of ketones is 1. The molecule has 2 rings (SSSR count). The molecule has 0 unspecified atom stereocenters. The second-order valence-corrected chi connectivity index (χ2v) is 6.37. The van der Waals surface area contributed by atoms with E-state index in [0.717, 1.165) is 0 Å². The van der Waals surface area contributed by atoms with Crippen molar-refractivity contribution < 1.29 is 32.4 Å². The Bertz CT molecular complexity index is 895. The van der Waals surface area contributed by atoms with Crippen LogP contribution in [0.3, 0.4) is 0 Å². The molecule has 0 aliphatic rings. The lowest BCUT2D eigenvalue weighted by atomic mass is 10.1. The maximum Gasteiger partial charge on any atom is 0.341 e. The van der Waals surface area contributed by atoms with Gasteiger partial charge in [-0.1, -0.05) is 18.2 Å². The smallest absolute Gasteiger partial charge is 0.341 e. The summed E-state index contributed by atoms with van der Waals surface area (Å²) in [6.07, 6.45) is 2.82. The second kappa shape index (κ2) is 7.73. The summed E-state index contributed by atoms with van der Waals surface area (Å²) in [6, 6.07) is 11.4. The summed E-state index contributed by atoms with van der Waals surface area (Å²) in [7, 11) is -4.25. The lowest BCUT2D eigenvalue weighted by Crippen LogP contribution is -2.09. The van der Waals surface area contributed by atoms with Gasteiger partial charge in [-0.2, -0.15) is 8.42 Å². The monoisotopic (exact) mass is 362 g/mol. The molecule has 0 spiro atoms. The first kappa shape index (κ1) is 18.4. The van der Waals surface area contributed by atoms with Crippen molar-refractivity contribution in [3.8, 4) is 5.75 Å². The van der Waals surface area contributed by atoms with E-state index in [1.54, 1.807) is 0 Å². The van der Waals surface area contributed by atoms with Crippen LogP contribution in [0.25, 0.3) is 6.08 Å². The van der Waals surface area contributed by atoms with Gasteiger partial charge in [-0.3, -0.25) is 9.35 Å². The molecule has 0 saturated heterocycles. The van der Waals surface area contributed by atoms with E-state index in [0.29, 0.717) is 16.9 Å². The Balaban J connectivity index is 2.03. The average Bonchev–Trinajstić information content (AvgIpc) is 2.58. The van der Waals surface area contributed by atoms with E-state index in [9.17, 15) is 18.0 Å². The van der Waals surface area contributed by atoms with E-state index in [1.807, 2.05) is 0 Å². The number of rotatable bonds is 7. The number of carboxylic acids is 1. The zero-order valence-corrected chi connectivity index (χ0v) is 13.6. The second-order valence-electron chi connectivity index (χ2n) is 4.95. The van der Waals surface area contributed by atoms with Crippen LogP contribution in [0.2, 0.25) is 0 Å². The molecule has 2 N–H and O–H groups in total. The third-order valence-corrected chi connectivity index (χ3v) is 3.97. The van der Waals surface area contributed by atoms with Crippen molar-refractivity contribution >= 4 is 27.9 Å². The number of benzene rings is 2. The first-order valence-corrected chi connectivity index (χ1v) is 8.44. The summed E-state index contributed by atoms with van der Waals surface area (Å²) in [5.74, 6) is -1.05. The first-order valence-electron chi connectivity index (χ1n) is 7.00. The summed E-state index contributed by atoms with van der Waals surface area (Å²) in [6.45, 7) is -0.466. The molecule has 7 nitrogen and oxygen atoms in total. The molecule has 8 heteroatoms. The van der Waals surface area contributed by atoms with E-state index in [4.69, 9.17) is 14.4 Å². The maximum atomic E-state index is 12.1. The molecule has 0 atom stereocenters. The molecule has 2 aromatic rings. The molecule has 25 heavy (non-hydrogen) atoms. The zero-order valence-electron chi connectivity index (χ0n) is 12.8. The number of aliphatic carboxylic acids is 1. The molecule has 0 aliphatic carbocycles. The van der Waals surface area contributed by atoms with Gasteiger partial charge in [0.15, 0.2) is 12.4 Å². The van der Waals surface area contributed by atoms with Crippen LogP contribution in [-0.4, -0.2) is 36.4 Å². The van der Waals surface area contributed by atoms with Gasteiger partial charge >= 0.3 is 5.97 Å². The number of allylic oxidation sites excluding steroid dienone is 1. The van der Waals surface area contributed by atoms with E-state index in [1.165, 1.54) is 60.7 Å². The predicted octanol–water partition coefficient (Wildman–Crippen LogP) is 2.29. The third kappa shape index (κ3) is 5.55. The Kier molecular flexibility index (Phi) is 5.68. The van der Waals surface area contributed by atoms with Gasteiger partial charge in [0.1, 0.15) is 5.75 Å². The lowest BCUT2D eigenvalue weighted by Gasteiger charge is -2.03. The van der Waals surface area contributed by atoms with Crippen LogP contribution < -0.4 is 4.74 Å². The van der Waals surface area contributed by atoms with Gasteiger partial charge in [-0.05, 0) is 48.0 Å². The topological polar surface area (TPSA) is 118 Å². The molecular formula is C17H14O7S. The fraction of sp³-hybridized carbons (Fsp3) is 0.0588. The van der Waals surface area contributed by atoms with Gasteiger partial charge in [0, 0.05) is 5.56 Å². The zero-order chi connectivity index (χ0) is 18.4. The highest BCUT2D eigenvalue weighted by atomic mass is 32.2. The Morgan fingerprint density at radius 3 is 2.12 bits per heavy atom. The van der Waals surface area contributed by atoms with Crippen molar-refractivity contribution in [1.82, 2.24) is 0 Å². The van der Waals surface area contributed by atoms with Gasteiger partial charge < -0.3 is 9.84 Å². The van der Waals surface area contributed by atoms with E-state index in [2.05, 4.69) is 0 Å². The van der Waals surface area contributed by atoms with E-state index in [-0.39, 0.29) is 10.7 Å². The summed E-state index contributed by atoms with van der Waals surface area (Å²) < 4.78 is 35.8. The van der Waals surface area contributed by atoms with Crippen molar-refractivity contribution in [2.75, 3.05) is 6.61 Å². The molecule has 0 aliphatic heterocycles. The molecule has 0 aromatic heterocycles. The van der Waals surface area contributed by atoms with E-state index < -0.39 is 22.7 Å². The molecule has 0 saturated carbocycles. The highest BCUT2D eigenvalue weighted by Gasteiger charge is 2.08. The van der Waals surface area contributed by atoms with Crippen molar-refractivity contribution in [2.45, 2.75) is 4.90 Å². The van der Waals surface area contributed by atoms with Crippen LogP contribution in [0.4, 0.5) is 0 Å². The minimum absolute atomic E-state index is 0.229. The number of carboxylic acid groups (broad SMARTS) is 1. The van der Waals surface area contributed by atoms with E-state index >= 15 is 0 Å². The summed E-state index contributed by atoms with van der Waals surface area (Å²) in [4.78, 5) is 22.2. The fourth-order valence-electron chi connectivity index (χ4n) is 1.88. The average molecular weight is 362 g/mol. The lowest BCUT2D eigenvalue weighted by molar-refractivity contribution is -0.139. The van der Waals surface area contributed by atoms with Crippen LogP contribution >= 0.6 is 0 Å². The SMILES string of the molecule is O=C(O)COc1ccc(C(=O)/C=C/c2ccc(S(=O)(=O)O)cc2)cc1. The van der Waals surface area contributed by atoms with Crippen LogP contribution in [0.5, 0.6) is 5.75 Å². The third-order valence-electron chi connectivity index (χ3n) is 3.11. The Labute approximate surface area is 143 Å². The first-order chi connectivity index (χ1) is 11.8. The number of ether oxygens (including phenoxy) is 1. The molecule has 0 fully saturated rings. The molecular weight excluding hydrogens is 348 g/mol. The summed E-state index contributed by atoms with van der Waals surface area (Å²) in [5, 5.41) is 8.52. The molecule has 0 heterocycles. The molecule has 0 radical (unpaired) electrons. The number of hydrogen-bond donors (Lipinski definition) is 2. The Morgan fingerprint density at radius 2 is 1.60 bits per heavy atom. The van der Waals surface area contributed by atoms with Gasteiger partial charge in [0.05, 0.1) is 4.90 Å². The number of hydrogen-bond acceptors (Lipinski definition) is 5. The Hall–Kier alpha value is -2.97. The quantitative estimate of drug-likeness (QED) is 0.441. The number of carbonyl (C=O) groups is 2. The van der Waals surface area contributed by atoms with Gasteiger partial charge in [0.2, 0.25) is 0 Å². The van der Waals surface area contributed by atoms with Crippen molar-refractivity contribution in [3.63, 3.8) is 0 Å². The minimum Gasteiger partial charge on any atom is -0.482 e. The summed E-state index contributed by atoms with van der Waals surface area (Å²) in [5.41, 5.74) is 0.968. The van der Waals surface area contributed by atoms with Crippen LogP contribution in [-0.2, 0) is 14.9 Å². The van der Waals surface area contributed by atoms with Crippen molar-refractivity contribution in [1.29, 1.82) is 0 Å². The predicted molar refractivity (Wildman–Crippen MR) is 89.2 cm³/mol. The maximum absolute atomic E-state index is 12.1. The molecule has 2 aromatic carbocycles. The summed E-state index contributed by atoms with van der Waals surface area (Å²) >= 11 is 0. The highest BCUT2D eigenvalue weighted by Crippen LogP contribution is 2.14. The van der Waals surface area contributed by atoms with Gasteiger partial charge in [-0.15, -0.1) is 0 Å². The van der Waals surface area contributed by atoms with Crippen LogP contribution in [0.1, 0.15) is 15.9 Å². The highest BCUT2D eigenvalue weighted by molar-refractivity contribution is 7.85. The molecule has 130 valence electrons. The molecule has 0 bridgehead atoms. The van der Waals surface area contributed by atoms with Crippen LogP contribution in [0.15, 0.2) is 59.5 Å². The van der Waals surface area contributed by atoms with Crippen LogP contribution in [0, 0.1) is 0 Å². The normalized spacial score (nSPS) is 11.4. The van der Waals surface area contributed by atoms with Crippen molar-refractivity contribution in [3.05, 3.63) is 65.7 Å². The Morgan fingerprint density at radius 1 is 1.00 bits per heavy atom. The standard InChI is InChI=1S/C17H14O7S/c18-16(13-4-6-14(7-5-13)24-11-17(19)20)10-3-12-1-8-15(9-2-12)25(21,22)23/h1-10H,11H2,(H,19,20)(H,21,22,23)/b10-3+. The molecule has 0 amide bonds. The number of carbonyl (C=O) groups excluding carboxylic acids is 1. The fourth-order valence-corrected chi connectivity index (χ4v) is 2.36. The van der Waals surface area contributed by atoms with Crippen molar-refractivity contribution in [2.24, 2.45) is 0 Å². The largest absolute Gasteiger partial charge is 0.482 e. The minimum atomic E-state index is -4.25. The van der Waals surface area contributed by atoms with Gasteiger partial charge in [0.25, 0.3) is 10.1 Å². The van der Waals surface area contributed by atoms with Gasteiger partial charge in [-0.25, -0.2) is 4.79 Å².